The molecule has 0 aliphatic heterocycles. The van der Waals surface area contributed by atoms with E-state index in [1.165, 1.54) is 23.9 Å². The van der Waals surface area contributed by atoms with Gasteiger partial charge in [0.05, 0.1) is 10.0 Å². The minimum Gasteiger partial charge on any atom is -0.505 e. The molecule has 1 amide bonds. The molecule has 2 N–H and O–H groups in total. The molecule has 9 heteroatoms. The molecule has 3 nitrogen and oxygen atoms in total. The minimum atomic E-state index is -1.19. The third kappa shape index (κ3) is 4.72. The summed E-state index contributed by atoms with van der Waals surface area (Å²) >= 11 is 12.8. The van der Waals surface area contributed by atoms with Crippen molar-refractivity contribution in [2.24, 2.45) is 0 Å². The highest BCUT2D eigenvalue weighted by Crippen LogP contribution is 2.36. The molecule has 0 aliphatic rings. The summed E-state index contributed by atoms with van der Waals surface area (Å²) in [6.07, 6.45) is -0.0585. The summed E-state index contributed by atoms with van der Waals surface area (Å²) in [5.74, 6) is -4.05. The van der Waals surface area contributed by atoms with Gasteiger partial charge >= 0.3 is 0 Å². The molecule has 0 spiro atoms. The van der Waals surface area contributed by atoms with Gasteiger partial charge in [0.2, 0.25) is 5.91 Å². The van der Waals surface area contributed by atoms with Crippen LogP contribution in [0.3, 0.4) is 0 Å². The van der Waals surface area contributed by atoms with Gasteiger partial charge in [0.1, 0.15) is 11.5 Å². The minimum absolute atomic E-state index is 0.0585. The quantitative estimate of drug-likeness (QED) is 0.680. The predicted molar refractivity (Wildman–Crippen MR) is 88.4 cm³/mol. The zero-order valence-electron chi connectivity index (χ0n) is 11.9. The summed E-state index contributed by atoms with van der Waals surface area (Å²) in [4.78, 5) is 12.4. The lowest BCUT2D eigenvalue weighted by Crippen LogP contribution is -2.14. The van der Waals surface area contributed by atoms with Crippen molar-refractivity contribution in [3.05, 3.63) is 51.8 Å². The van der Waals surface area contributed by atoms with Crippen LogP contribution in [-0.4, -0.2) is 16.8 Å². The predicted octanol–water partition coefficient (Wildman–Crippen LogP) is 5.24. The van der Waals surface area contributed by atoms with Crippen LogP contribution in [0.4, 0.5) is 18.9 Å². The number of carbonyl (C=O) groups excluding carboxylic acids is 1. The third-order valence-electron chi connectivity index (χ3n) is 2.86. The van der Waals surface area contributed by atoms with E-state index in [4.69, 9.17) is 23.2 Å². The number of carbonyl (C=O) groups is 1. The average Bonchev–Trinajstić information content (AvgIpc) is 2.48. The van der Waals surface area contributed by atoms with Crippen LogP contribution in [-0.2, 0) is 4.79 Å². The molecule has 0 bridgehead atoms. The molecule has 2 aromatic carbocycles. The number of phenolic OH excluding ortho intramolecular Hbond substituents is 1. The molecule has 0 aromatic heterocycles. The Morgan fingerprint density at radius 1 is 1.08 bits per heavy atom. The Morgan fingerprint density at radius 2 is 1.62 bits per heavy atom. The third-order valence-corrected chi connectivity index (χ3v) is 4.41. The molecule has 0 heterocycles. The summed E-state index contributed by atoms with van der Waals surface area (Å²) < 4.78 is 39.7. The molecule has 128 valence electrons. The Morgan fingerprint density at radius 3 is 2.17 bits per heavy atom. The molecule has 0 saturated carbocycles. The molecule has 0 saturated heterocycles. The van der Waals surface area contributed by atoms with Gasteiger partial charge in [0.15, 0.2) is 17.4 Å². The molecular formula is C15H10Cl2F3NO2S. The number of hydrogen-bond donors (Lipinski definition) is 2. The second-order valence-electron chi connectivity index (χ2n) is 4.63. The summed E-state index contributed by atoms with van der Waals surface area (Å²) in [6.45, 7) is 0. The van der Waals surface area contributed by atoms with Gasteiger partial charge in [-0.1, -0.05) is 23.2 Å². The maximum atomic E-state index is 13.4. The number of halogens is 5. The normalized spacial score (nSPS) is 10.7. The van der Waals surface area contributed by atoms with Crippen molar-refractivity contribution in [2.75, 3.05) is 11.1 Å². The molecule has 0 radical (unpaired) electrons. The van der Waals surface area contributed by atoms with Crippen LogP contribution in [0.5, 0.6) is 5.75 Å². The van der Waals surface area contributed by atoms with Gasteiger partial charge in [0, 0.05) is 29.2 Å². The van der Waals surface area contributed by atoms with Crippen LogP contribution in [0.25, 0.3) is 0 Å². The Kier molecular flexibility index (Phi) is 6.26. The van der Waals surface area contributed by atoms with Crippen LogP contribution in [0, 0.1) is 17.5 Å². The molecule has 0 aliphatic carbocycles. The van der Waals surface area contributed by atoms with Crippen molar-refractivity contribution >= 4 is 46.6 Å². The van der Waals surface area contributed by atoms with Crippen molar-refractivity contribution in [1.29, 1.82) is 0 Å². The van der Waals surface area contributed by atoms with E-state index in [1.54, 1.807) is 0 Å². The van der Waals surface area contributed by atoms with Gasteiger partial charge in [-0.2, -0.15) is 0 Å². The summed E-state index contributed by atoms with van der Waals surface area (Å²) in [6, 6.07) is 3.91. The number of amides is 1. The first-order valence-corrected chi connectivity index (χ1v) is 8.27. The molecule has 0 atom stereocenters. The van der Waals surface area contributed by atoms with E-state index in [9.17, 15) is 23.1 Å². The summed E-state index contributed by atoms with van der Waals surface area (Å²) in [7, 11) is 0. The monoisotopic (exact) mass is 395 g/mol. The van der Waals surface area contributed by atoms with E-state index in [2.05, 4.69) is 5.32 Å². The lowest BCUT2D eigenvalue weighted by Gasteiger charge is -2.08. The van der Waals surface area contributed by atoms with Crippen LogP contribution in [0.2, 0.25) is 10.0 Å². The van der Waals surface area contributed by atoms with Crippen LogP contribution in [0.1, 0.15) is 6.42 Å². The van der Waals surface area contributed by atoms with Gasteiger partial charge < -0.3 is 10.4 Å². The highest BCUT2D eigenvalue weighted by atomic mass is 35.5. The average molecular weight is 396 g/mol. The Balaban J connectivity index is 1.93. The zero-order valence-corrected chi connectivity index (χ0v) is 14.2. The van der Waals surface area contributed by atoms with E-state index < -0.39 is 29.0 Å². The molecule has 0 unspecified atom stereocenters. The van der Waals surface area contributed by atoms with Crippen molar-refractivity contribution in [3.8, 4) is 5.75 Å². The van der Waals surface area contributed by atoms with Gasteiger partial charge in [0.25, 0.3) is 0 Å². The van der Waals surface area contributed by atoms with Gasteiger partial charge in [-0.05, 0) is 12.1 Å². The highest BCUT2D eigenvalue weighted by Gasteiger charge is 2.14. The number of nitrogens with one attached hydrogen (secondary N) is 1. The molecular weight excluding hydrogens is 386 g/mol. The second-order valence-corrected chi connectivity index (χ2v) is 6.61. The van der Waals surface area contributed by atoms with Crippen LogP contribution >= 0.6 is 35.0 Å². The fourth-order valence-electron chi connectivity index (χ4n) is 1.75. The lowest BCUT2D eigenvalue weighted by molar-refractivity contribution is -0.115. The van der Waals surface area contributed by atoms with Gasteiger partial charge in [-0.15, -0.1) is 11.8 Å². The van der Waals surface area contributed by atoms with E-state index >= 15 is 0 Å². The van der Waals surface area contributed by atoms with Crippen molar-refractivity contribution in [2.45, 2.75) is 11.3 Å². The van der Waals surface area contributed by atoms with Crippen LogP contribution in [0.15, 0.2) is 29.2 Å². The topological polar surface area (TPSA) is 49.3 Å². The molecule has 2 aromatic rings. The first-order chi connectivity index (χ1) is 11.3. The SMILES string of the molecule is O=C(CCSc1cc(Cl)c(O)c(Cl)c1)Nc1c(F)cc(F)cc1F. The number of aromatic hydroxyl groups is 1. The zero-order chi connectivity index (χ0) is 17.9. The number of anilines is 1. The number of hydrogen-bond acceptors (Lipinski definition) is 3. The number of benzene rings is 2. The van der Waals surface area contributed by atoms with Crippen molar-refractivity contribution < 1.29 is 23.1 Å². The number of rotatable bonds is 5. The molecule has 0 fully saturated rings. The van der Waals surface area contributed by atoms with Crippen LogP contribution < -0.4 is 5.32 Å². The number of thioether (sulfide) groups is 1. The maximum Gasteiger partial charge on any atom is 0.225 e. The fourth-order valence-corrected chi connectivity index (χ4v) is 3.29. The highest BCUT2D eigenvalue weighted by molar-refractivity contribution is 7.99. The van der Waals surface area contributed by atoms with Crippen molar-refractivity contribution in [1.82, 2.24) is 0 Å². The Labute approximate surface area is 149 Å². The fraction of sp³-hybridized carbons (Fsp3) is 0.133. The first kappa shape index (κ1) is 18.8. The first-order valence-electron chi connectivity index (χ1n) is 6.53. The summed E-state index contributed by atoms with van der Waals surface area (Å²) in [5.41, 5.74) is -0.692. The van der Waals surface area contributed by atoms with Gasteiger partial charge in [-0.3, -0.25) is 4.79 Å². The largest absolute Gasteiger partial charge is 0.505 e. The van der Waals surface area contributed by atoms with E-state index in [0.29, 0.717) is 17.0 Å². The lowest BCUT2D eigenvalue weighted by atomic mass is 10.2. The van der Waals surface area contributed by atoms with Gasteiger partial charge in [-0.25, -0.2) is 13.2 Å². The second kappa shape index (κ2) is 8.00. The Hall–Kier alpha value is -1.57. The maximum absolute atomic E-state index is 13.4. The molecule has 2 rings (SSSR count). The van der Waals surface area contributed by atoms with E-state index in [1.807, 2.05) is 0 Å². The summed E-state index contributed by atoms with van der Waals surface area (Å²) in [5, 5.41) is 11.7. The smallest absolute Gasteiger partial charge is 0.225 e. The Bertz CT molecular complexity index is 743. The number of phenols is 1. The van der Waals surface area contributed by atoms with Crippen molar-refractivity contribution in [3.63, 3.8) is 0 Å². The van der Waals surface area contributed by atoms with E-state index in [-0.39, 0.29) is 28.0 Å². The van der Waals surface area contributed by atoms with E-state index in [0.717, 1.165) is 0 Å². The standard InChI is InChI=1S/C15H10Cl2F3NO2S/c16-9-5-8(6-10(17)15(9)23)24-2-1-13(22)21-14-11(19)3-7(18)4-12(14)20/h3-6,23H,1-2H2,(H,21,22). The molecule has 24 heavy (non-hydrogen) atoms.